The fraction of sp³-hybridized carbons (Fsp3) is 0.500. The predicted molar refractivity (Wildman–Crippen MR) is 79.8 cm³/mol. The van der Waals surface area contributed by atoms with Gasteiger partial charge in [0.15, 0.2) is 0 Å². The van der Waals surface area contributed by atoms with Crippen LogP contribution in [0.15, 0.2) is 18.2 Å². The lowest BCUT2D eigenvalue weighted by molar-refractivity contribution is 0.00637. The molecule has 0 aliphatic heterocycles. The van der Waals surface area contributed by atoms with Crippen LogP contribution in [0.2, 0.25) is 0 Å². The van der Waals surface area contributed by atoms with E-state index in [2.05, 4.69) is 23.4 Å². The van der Waals surface area contributed by atoms with Crippen molar-refractivity contribution in [2.75, 3.05) is 7.11 Å². The minimum absolute atomic E-state index is 0.251. The number of nitrogens with zero attached hydrogens (tertiary/aromatic N) is 2. The zero-order valence-electron chi connectivity index (χ0n) is 12.5. The van der Waals surface area contributed by atoms with Crippen molar-refractivity contribution in [3.05, 3.63) is 29.6 Å². The lowest BCUT2D eigenvalue weighted by Gasteiger charge is -2.37. The lowest BCUT2D eigenvalue weighted by Crippen LogP contribution is -2.33. The summed E-state index contributed by atoms with van der Waals surface area (Å²) in [4.78, 5) is 16.2. The maximum absolute atomic E-state index is 11.5. The molecule has 0 radical (unpaired) electrons. The number of hydrogen-bond donors (Lipinski definition) is 1. The van der Waals surface area contributed by atoms with Gasteiger partial charge in [0.25, 0.3) is 0 Å². The van der Waals surface area contributed by atoms with Crippen LogP contribution in [0.4, 0.5) is 0 Å². The topological polar surface area (TPSA) is 64.4 Å². The number of rotatable bonds is 4. The van der Waals surface area contributed by atoms with Gasteiger partial charge in [-0.15, -0.1) is 0 Å². The van der Waals surface area contributed by atoms with Crippen LogP contribution in [0.1, 0.15) is 54.8 Å². The van der Waals surface area contributed by atoms with Crippen molar-refractivity contribution in [2.45, 2.75) is 44.8 Å². The molecule has 5 heteroatoms. The van der Waals surface area contributed by atoms with Gasteiger partial charge in [-0.3, -0.25) is 0 Å². The highest BCUT2D eigenvalue weighted by atomic mass is 16.5. The molecular formula is C16H20N2O3. The molecule has 1 aliphatic rings. The highest BCUT2D eigenvalue weighted by molar-refractivity contribution is 6.01. The Balaban J connectivity index is 2.18. The van der Waals surface area contributed by atoms with E-state index in [4.69, 9.17) is 4.74 Å². The molecule has 3 rings (SSSR count). The number of aromatic nitrogens is 2. The number of carboxylic acids is 1. The summed E-state index contributed by atoms with van der Waals surface area (Å²) in [7, 11) is 1.72. The highest BCUT2D eigenvalue weighted by Crippen LogP contribution is 2.39. The molecule has 1 N–H and O–H groups in total. The second-order valence-corrected chi connectivity index (χ2v) is 5.96. The molecule has 112 valence electrons. The number of methoxy groups -OCH3 is 1. The number of hydrogen-bond acceptors (Lipinski definition) is 3. The quantitative estimate of drug-likeness (QED) is 0.938. The van der Waals surface area contributed by atoms with Crippen LogP contribution in [-0.2, 0) is 4.74 Å². The maximum Gasteiger partial charge on any atom is 0.337 e. The third-order valence-corrected chi connectivity index (χ3v) is 4.25. The Morgan fingerprint density at radius 1 is 1.43 bits per heavy atom. The summed E-state index contributed by atoms with van der Waals surface area (Å²) >= 11 is 0. The Kier molecular flexibility index (Phi) is 3.45. The monoisotopic (exact) mass is 288 g/mol. The zero-order valence-corrected chi connectivity index (χ0v) is 12.5. The molecule has 1 fully saturated rings. The Labute approximate surface area is 123 Å². The van der Waals surface area contributed by atoms with E-state index in [1.165, 1.54) is 0 Å². The first-order chi connectivity index (χ1) is 10.0. The minimum Gasteiger partial charge on any atom is -0.478 e. The Hall–Kier alpha value is -1.88. The number of benzene rings is 1. The summed E-state index contributed by atoms with van der Waals surface area (Å²) in [5.41, 5.74) is 1.83. The second-order valence-electron chi connectivity index (χ2n) is 5.96. The van der Waals surface area contributed by atoms with Gasteiger partial charge in [0.05, 0.1) is 22.7 Å². The molecule has 21 heavy (non-hydrogen) atoms. The molecular weight excluding hydrogens is 268 g/mol. The van der Waals surface area contributed by atoms with Gasteiger partial charge in [0, 0.05) is 19.1 Å². The van der Waals surface area contributed by atoms with Crippen LogP contribution in [0, 0.1) is 0 Å². The van der Waals surface area contributed by atoms with Crippen molar-refractivity contribution in [3.8, 4) is 0 Å². The van der Waals surface area contributed by atoms with Crippen LogP contribution in [0.25, 0.3) is 11.0 Å². The molecule has 1 aliphatic carbocycles. The van der Waals surface area contributed by atoms with Crippen LogP contribution >= 0.6 is 0 Å². The van der Waals surface area contributed by atoms with Crippen LogP contribution in [0.5, 0.6) is 0 Å². The first kappa shape index (κ1) is 14.1. The van der Waals surface area contributed by atoms with Crippen molar-refractivity contribution >= 4 is 17.0 Å². The lowest BCUT2D eigenvalue weighted by atomic mass is 9.88. The number of imidazole rings is 1. The summed E-state index contributed by atoms with van der Waals surface area (Å²) in [6.45, 7) is 4.18. The average Bonchev–Trinajstić information content (AvgIpc) is 2.77. The normalized spacial score (nSPS) is 21.7. The highest BCUT2D eigenvalue weighted by Gasteiger charge is 2.34. The standard InChI is InChI=1S/C16H20N2O3/c1-9(2)15-17-13-6-4-5-12(16(19)20)14(13)18(15)10-7-11(8-10)21-3/h4-6,9-11H,7-8H2,1-3H3,(H,19,20). The van der Waals surface area contributed by atoms with E-state index in [9.17, 15) is 9.90 Å². The molecule has 5 nitrogen and oxygen atoms in total. The van der Waals surface area contributed by atoms with Crippen molar-refractivity contribution < 1.29 is 14.6 Å². The van der Waals surface area contributed by atoms with Crippen molar-refractivity contribution in [3.63, 3.8) is 0 Å². The Bertz CT molecular complexity index is 684. The van der Waals surface area contributed by atoms with E-state index in [-0.39, 0.29) is 18.1 Å². The van der Waals surface area contributed by atoms with Gasteiger partial charge in [0.2, 0.25) is 0 Å². The number of aromatic carboxylic acids is 1. The van der Waals surface area contributed by atoms with Crippen molar-refractivity contribution in [1.82, 2.24) is 9.55 Å². The van der Waals surface area contributed by atoms with Gasteiger partial charge in [-0.1, -0.05) is 19.9 Å². The largest absolute Gasteiger partial charge is 0.478 e. The molecule has 2 aromatic rings. The van der Waals surface area contributed by atoms with E-state index >= 15 is 0 Å². The number of fused-ring (bicyclic) bond motifs is 1. The Morgan fingerprint density at radius 3 is 2.71 bits per heavy atom. The van der Waals surface area contributed by atoms with E-state index < -0.39 is 5.97 Å². The van der Waals surface area contributed by atoms with Crippen LogP contribution in [-0.4, -0.2) is 33.8 Å². The van der Waals surface area contributed by atoms with Crippen molar-refractivity contribution in [1.29, 1.82) is 0 Å². The molecule has 0 unspecified atom stereocenters. The molecule has 1 saturated carbocycles. The number of para-hydroxylation sites is 1. The SMILES string of the molecule is COC1CC(n2c(C(C)C)nc3cccc(C(=O)O)c32)C1. The van der Waals surface area contributed by atoms with E-state index in [0.717, 1.165) is 29.7 Å². The van der Waals surface area contributed by atoms with Crippen LogP contribution < -0.4 is 0 Å². The molecule has 0 spiro atoms. The molecule has 0 saturated heterocycles. The average molecular weight is 288 g/mol. The smallest absolute Gasteiger partial charge is 0.337 e. The van der Waals surface area contributed by atoms with Gasteiger partial charge in [-0.25, -0.2) is 9.78 Å². The Morgan fingerprint density at radius 2 is 2.14 bits per heavy atom. The number of carboxylic acid groups (broad SMARTS) is 1. The third kappa shape index (κ3) is 2.21. The van der Waals surface area contributed by atoms with E-state index in [0.29, 0.717) is 5.56 Å². The minimum atomic E-state index is -0.903. The van der Waals surface area contributed by atoms with Crippen LogP contribution in [0.3, 0.4) is 0 Å². The summed E-state index contributed by atoms with van der Waals surface area (Å²) in [6.07, 6.45) is 2.09. The summed E-state index contributed by atoms with van der Waals surface area (Å²) in [5.74, 6) is 0.304. The first-order valence-corrected chi connectivity index (χ1v) is 7.29. The predicted octanol–water partition coefficient (Wildman–Crippen LogP) is 3.21. The van der Waals surface area contributed by atoms with E-state index in [1.807, 2.05) is 6.07 Å². The van der Waals surface area contributed by atoms with Crippen molar-refractivity contribution in [2.24, 2.45) is 0 Å². The summed E-state index contributed by atoms with van der Waals surface area (Å²) in [6, 6.07) is 5.57. The van der Waals surface area contributed by atoms with Gasteiger partial charge < -0.3 is 14.4 Å². The second kappa shape index (κ2) is 5.15. The van der Waals surface area contributed by atoms with Gasteiger partial charge in [-0.2, -0.15) is 0 Å². The molecule has 0 bridgehead atoms. The maximum atomic E-state index is 11.5. The zero-order chi connectivity index (χ0) is 15.1. The van der Waals surface area contributed by atoms with Gasteiger partial charge >= 0.3 is 5.97 Å². The summed E-state index contributed by atoms with van der Waals surface area (Å²) < 4.78 is 7.48. The molecule has 1 aromatic heterocycles. The summed E-state index contributed by atoms with van der Waals surface area (Å²) in [5, 5.41) is 9.46. The number of carbonyl (C=O) groups is 1. The molecule has 0 amide bonds. The molecule has 1 heterocycles. The number of ether oxygens (including phenoxy) is 1. The molecule has 1 aromatic carbocycles. The third-order valence-electron chi connectivity index (χ3n) is 4.25. The first-order valence-electron chi connectivity index (χ1n) is 7.29. The van der Waals surface area contributed by atoms with Gasteiger partial charge in [0.1, 0.15) is 5.82 Å². The fourth-order valence-electron chi connectivity index (χ4n) is 3.06. The van der Waals surface area contributed by atoms with E-state index in [1.54, 1.807) is 19.2 Å². The van der Waals surface area contributed by atoms with Gasteiger partial charge in [-0.05, 0) is 25.0 Å². The fourth-order valence-corrected chi connectivity index (χ4v) is 3.06. The molecule has 0 atom stereocenters.